The molecule has 0 radical (unpaired) electrons. The molecular formula is C16H22N4. The highest BCUT2D eigenvalue weighted by atomic mass is 14.9. The largest absolute Gasteiger partial charge is 0.319 e. The van der Waals surface area contributed by atoms with Gasteiger partial charge < -0.3 is 5.32 Å². The second-order valence-electron chi connectivity index (χ2n) is 5.28. The molecule has 106 valence electrons. The average Bonchev–Trinajstić information content (AvgIpc) is 2.44. The highest BCUT2D eigenvalue weighted by molar-refractivity contribution is 5.49. The zero-order valence-corrected chi connectivity index (χ0v) is 12.6. The molecule has 1 N–H and O–H groups in total. The van der Waals surface area contributed by atoms with Gasteiger partial charge in [-0.2, -0.15) is 0 Å². The molecule has 4 nitrogen and oxygen atoms in total. The Morgan fingerprint density at radius 2 is 1.85 bits per heavy atom. The second-order valence-corrected chi connectivity index (χ2v) is 5.28. The van der Waals surface area contributed by atoms with Crippen molar-refractivity contribution in [2.75, 3.05) is 13.6 Å². The number of nitrogens with zero attached hydrogens (tertiary/aromatic N) is 3. The fraction of sp³-hybridized carbons (Fsp3) is 0.438. The van der Waals surface area contributed by atoms with E-state index in [9.17, 15) is 0 Å². The lowest BCUT2D eigenvalue weighted by atomic mass is 9.98. The number of rotatable bonds is 5. The molecule has 2 rings (SSSR count). The van der Waals surface area contributed by atoms with Gasteiger partial charge in [-0.15, -0.1) is 0 Å². The van der Waals surface area contributed by atoms with E-state index < -0.39 is 0 Å². The Bertz CT molecular complexity index is 543. The lowest BCUT2D eigenvalue weighted by Crippen LogP contribution is -2.19. The topological polar surface area (TPSA) is 50.7 Å². The van der Waals surface area contributed by atoms with Gasteiger partial charge in [0.2, 0.25) is 0 Å². The number of hydrogen-bond donors (Lipinski definition) is 1. The maximum atomic E-state index is 4.62. The molecule has 0 aliphatic rings. The fourth-order valence-electron chi connectivity index (χ4n) is 2.41. The standard InChI is InChI=1S/C16H22N4/c1-11(10-17-4)9-14-12(2)19-16(20-13(14)3)15-7-5-6-8-18-15/h5-8,11,17H,9-10H2,1-4H3. The first-order valence-electron chi connectivity index (χ1n) is 7.02. The van der Waals surface area contributed by atoms with Crippen LogP contribution in [-0.4, -0.2) is 28.5 Å². The summed E-state index contributed by atoms with van der Waals surface area (Å²) in [4.78, 5) is 13.6. The van der Waals surface area contributed by atoms with Gasteiger partial charge in [-0.3, -0.25) is 4.98 Å². The molecule has 2 heterocycles. The van der Waals surface area contributed by atoms with E-state index in [2.05, 4.69) is 41.0 Å². The van der Waals surface area contributed by atoms with Crippen molar-refractivity contribution in [1.82, 2.24) is 20.3 Å². The van der Waals surface area contributed by atoms with E-state index in [1.807, 2.05) is 25.2 Å². The molecule has 0 saturated carbocycles. The molecule has 0 aromatic carbocycles. The van der Waals surface area contributed by atoms with Crippen LogP contribution in [0.15, 0.2) is 24.4 Å². The van der Waals surface area contributed by atoms with E-state index in [4.69, 9.17) is 0 Å². The van der Waals surface area contributed by atoms with Crippen molar-refractivity contribution in [1.29, 1.82) is 0 Å². The van der Waals surface area contributed by atoms with Crippen molar-refractivity contribution < 1.29 is 0 Å². The second kappa shape index (κ2) is 6.57. The van der Waals surface area contributed by atoms with E-state index in [-0.39, 0.29) is 0 Å². The minimum atomic E-state index is 0.571. The zero-order chi connectivity index (χ0) is 14.5. The van der Waals surface area contributed by atoms with Gasteiger partial charge >= 0.3 is 0 Å². The van der Waals surface area contributed by atoms with Crippen molar-refractivity contribution in [3.05, 3.63) is 41.3 Å². The third kappa shape index (κ3) is 3.39. The smallest absolute Gasteiger partial charge is 0.178 e. The van der Waals surface area contributed by atoms with Gasteiger partial charge in [0.05, 0.1) is 0 Å². The summed E-state index contributed by atoms with van der Waals surface area (Å²) < 4.78 is 0. The molecular weight excluding hydrogens is 248 g/mol. The van der Waals surface area contributed by atoms with Crippen molar-refractivity contribution in [3.63, 3.8) is 0 Å². The molecule has 0 amide bonds. The van der Waals surface area contributed by atoms with Gasteiger partial charge in [-0.05, 0) is 57.5 Å². The molecule has 0 saturated heterocycles. The third-order valence-corrected chi connectivity index (χ3v) is 3.42. The van der Waals surface area contributed by atoms with Gasteiger partial charge in [0, 0.05) is 17.6 Å². The van der Waals surface area contributed by atoms with Crippen LogP contribution in [0.25, 0.3) is 11.5 Å². The van der Waals surface area contributed by atoms with Crippen LogP contribution in [0.2, 0.25) is 0 Å². The summed E-state index contributed by atoms with van der Waals surface area (Å²) >= 11 is 0. The summed E-state index contributed by atoms with van der Waals surface area (Å²) in [5, 5.41) is 3.21. The van der Waals surface area contributed by atoms with E-state index in [1.54, 1.807) is 6.20 Å². The molecule has 0 spiro atoms. The third-order valence-electron chi connectivity index (χ3n) is 3.42. The Balaban J connectivity index is 2.30. The van der Waals surface area contributed by atoms with E-state index >= 15 is 0 Å². The van der Waals surface area contributed by atoms with E-state index in [0.29, 0.717) is 11.7 Å². The van der Waals surface area contributed by atoms with Crippen LogP contribution in [0.1, 0.15) is 23.9 Å². The number of aryl methyl sites for hydroxylation is 2. The highest BCUT2D eigenvalue weighted by Gasteiger charge is 2.13. The average molecular weight is 270 g/mol. The Morgan fingerprint density at radius 3 is 2.40 bits per heavy atom. The lowest BCUT2D eigenvalue weighted by Gasteiger charge is -2.15. The van der Waals surface area contributed by atoms with Crippen LogP contribution in [0.4, 0.5) is 0 Å². The quantitative estimate of drug-likeness (QED) is 0.907. The maximum absolute atomic E-state index is 4.62. The van der Waals surface area contributed by atoms with Crippen LogP contribution < -0.4 is 5.32 Å². The Hall–Kier alpha value is -1.81. The summed E-state index contributed by atoms with van der Waals surface area (Å²) in [7, 11) is 1.98. The summed E-state index contributed by atoms with van der Waals surface area (Å²) in [6, 6.07) is 5.80. The minimum absolute atomic E-state index is 0.571. The molecule has 2 aromatic heterocycles. The molecule has 0 fully saturated rings. The summed E-state index contributed by atoms with van der Waals surface area (Å²) in [5.74, 6) is 1.28. The Morgan fingerprint density at radius 1 is 1.15 bits per heavy atom. The molecule has 20 heavy (non-hydrogen) atoms. The van der Waals surface area contributed by atoms with Gasteiger partial charge in [-0.25, -0.2) is 9.97 Å². The van der Waals surface area contributed by atoms with Crippen LogP contribution in [0.5, 0.6) is 0 Å². The van der Waals surface area contributed by atoms with Crippen molar-refractivity contribution >= 4 is 0 Å². The zero-order valence-electron chi connectivity index (χ0n) is 12.6. The van der Waals surface area contributed by atoms with Crippen LogP contribution in [0.3, 0.4) is 0 Å². The summed E-state index contributed by atoms with van der Waals surface area (Å²) in [5.41, 5.74) is 4.20. The van der Waals surface area contributed by atoms with Crippen molar-refractivity contribution in [2.24, 2.45) is 5.92 Å². The van der Waals surface area contributed by atoms with E-state index in [1.165, 1.54) is 5.56 Å². The van der Waals surface area contributed by atoms with Crippen LogP contribution in [0, 0.1) is 19.8 Å². The van der Waals surface area contributed by atoms with E-state index in [0.717, 1.165) is 30.0 Å². The Kier molecular flexibility index (Phi) is 4.79. The normalized spacial score (nSPS) is 12.4. The molecule has 0 bridgehead atoms. The van der Waals surface area contributed by atoms with Gasteiger partial charge in [0.15, 0.2) is 5.82 Å². The minimum Gasteiger partial charge on any atom is -0.319 e. The van der Waals surface area contributed by atoms with Gasteiger partial charge in [0.1, 0.15) is 5.69 Å². The maximum Gasteiger partial charge on any atom is 0.178 e. The first-order chi connectivity index (χ1) is 9.61. The molecule has 2 aromatic rings. The van der Waals surface area contributed by atoms with Gasteiger partial charge in [-0.1, -0.05) is 13.0 Å². The monoisotopic (exact) mass is 270 g/mol. The number of nitrogens with one attached hydrogen (secondary N) is 1. The summed E-state index contributed by atoms with van der Waals surface area (Å²) in [6.07, 6.45) is 2.77. The Labute approximate surface area is 120 Å². The SMILES string of the molecule is CNCC(C)Cc1c(C)nc(-c2ccccn2)nc1C. The van der Waals surface area contributed by atoms with Crippen molar-refractivity contribution in [3.8, 4) is 11.5 Å². The molecule has 0 aliphatic heterocycles. The number of pyridine rings is 1. The molecule has 1 atom stereocenters. The predicted molar refractivity (Wildman–Crippen MR) is 81.5 cm³/mol. The highest BCUT2D eigenvalue weighted by Crippen LogP contribution is 2.19. The first-order valence-corrected chi connectivity index (χ1v) is 7.02. The number of hydrogen-bond acceptors (Lipinski definition) is 4. The summed E-state index contributed by atoms with van der Waals surface area (Å²) in [6.45, 7) is 7.36. The predicted octanol–water partition coefficient (Wildman–Crippen LogP) is 2.55. The van der Waals surface area contributed by atoms with Crippen molar-refractivity contribution in [2.45, 2.75) is 27.2 Å². The molecule has 1 unspecified atom stereocenters. The van der Waals surface area contributed by atoms with Crippen LogP contribution >= 0.6 is 0 Å². The number of aromatic nitrogens is 3. The molecule has 4 heteroatoms. The molecule has 0 aliphatic carbocycles. The van der Waals surface area contributed by atoms with Gasteiger partial charge in [0.25, 0.3) is 0 Å². The first kappa shape index (κ1) is 14.6. The van der Waals surface area contributed by atoms with Crippen LogP contribution in [-0.2, 0) is 6.42 Å². The lowest BCUT2D eigenvalue weighted by molar-refractivity contribution is 0.537. The fourth-order valence-corrected chi connectivity index (χ4v) is 2.41.